The highest BCUT2D eigenvalue weighted by atomic mass is 35.5. The first-order valence-corrected chi connectivity index (χ1v) is 11.7. The second-order valence-electron chi connectivity index (χ2n) is 7.34. The van der Waals surface area contributed by atoms with Gasteiger partial charge in [0.05, 0.1) is 21.2 Å². The molecule has 1 saturated heterocycles. The van der Waals surface area contributed by atoms with Crippen LogP contribution in [0.2, 0.25) is 5.02 Å². The van der Waals surface area contributed by atoms with Crippen molar-refractivity contribution in [2.45, 2.75) is 30.7 Å². The van der Waals surface area contributed by atoms with Crippen LogP contribution in [0.4, 0.5) is 10.1 Å². The van der Waals surface area contributed by atoms with Gasteiger partial charge in [-0.05, 0) is 36.6 Å². The average molecular weight is 459 g/mol. The van der Waals surface area contributed by atoms with E-state index in [1.165, 1.54) is 22.6 Å². The first-order valence-electron chi connectivity index (χ1n) is 9.92. The lowest BCUT2D eigenvalue weighted by atomic mass is 10.1. The molecular formula is C22H20ClFN4O2S. The Morgan fingerprint density at radius 1 is 1.16 bits per heavy atom. The van der Waals surface area contributed by atoms with E-state index in [0.29, 0.717) is 24.3 Å². The molecule has 0 atom stereocenters. The van der Waals surface area contributed by atoms with Gasteiger partial charge in [0, 0.05) is 31.2 Å². The van der Waals surface area contributed by atoms with Crippen LogP contribution in [0.25, 0.3) is 10.9 Å². The van der Waals surface area contributed by atoms with Crippen LogP contribution in [-0.4, -0.2) is 30.8 Å². The third-order valence-electron chi connectivity index (χ3n) is 5.40. The van der Waals surface area contributed by atoms with E-state index in [-0.39, 0.29) is 32.9 Å². The number of benzene rings is 2. The molecule has 0 saturated carbocycles. The molecule has 1 fully saturated rings. The van der Waals surface area contributed by atoms with Crippen LogP contribution in [0.5, 0.6) is 0 Å². The summed E-state index contributed by atoms with van der Waals surface area (Å²) in [7, 11) is -3.64. The Hall–Kier alpha value is -2.73. The molecule has 31 heavy (non-hydrogen) atoms. The lowest BCUT2D eigenvalue weighted by Crippen LogP contribution is -2.36. The van der Waals surface area contributed by atoms with Gasteiger partial charge in [0.15, 0.2) is 0 Å². The van der Waals surface area contributed by atoms with Gasteiger partial charge in [0.25, 0.3) is 0 Å². The number of piperidine rings is 1. The minimum absolute atomic E-state index is 0.0447. The number of sulfonamides is 1. The maximum Gasteiger partial charge on any atom is 0.243 e. The van der Waals surface area contributed by atoms with Gasteiger partial charge in [0.1, 0.15) is 17.4 Å². The number of fused-ring (bicyclic) bond motifs is 1. The van der Waals surface area contributed by atoms with Crippen LogP contribution in [0.15, 0.2) is 47.5 Å². The molecule has 1 aliphatic heterocycles. The Kier molecular flexibility index (Phi) is 6.10. The molecule has 1 aliphatic rings. The Labute approximate surface area is 185 Å². The summed E-state index contributed by atoms with van der Waals surface area (Å²) >= 11 is 6.29. The second kappa shape index (κ2) is 8.79. The lowest BCUT2D eigenvalue weighted by Gasteiger charge is -2.27. The molecule has 0 aliphatic carbocycles. The molecule has 2 heterocycles. The molecule has 0 amide bonds. The zero-order valence-electron chi connectivity index (χ0n) is 16.6. The van der Waals surface area contributed by atoms with Crippen molar-refractivity contribution < 1.29 is 12.8 Å². The number of nitriles is 1. The van der Waals surface area contributed by atoms with E-state index in [1.807, 2.05) is 6.07 Å². The Bertz CT molecular complexity index is 1280. The van der Waals surface area contributed by atoms with Crippen molar-refractivity contribution in [3.8, 4) is 6.07 Å². The van der Waals surface area contributed by atoms with Crippen LogP contribution < -0.4 is 5.32 Å². The van der Waals surface area contributed by atoms with Gasteiger partial charge in [-0.25, -0.2) is 12.8 Å². The molecule has 0 bridgehead atoms. The van der Waals surface area contributed by atoms with Crippen molar-refractivity contribution in [2.75, 3.05) is 18.4 Å². The summed E-state index contributed by atoms with van der Waals surface area (Å²) in [6.07, 6.45) is 4.00. The number of rotatable bonds is 5. The molecule has 6 nitrogen and oxygen atoms in total. The summed E-state index contributed by atoms with van der Waals surface area (Å²) in [6, 6.07) is 11.4. The number of nitrogens with one attached hydrogen (secondary N) is 1. The molecule has 9 heteroatoms. The standard InChI is InChI=1S/C22H20ClFN4O2S/c23-17-8-9-18(24)22-20(17)21(16(12-25)14-27-22)26-13-15-6-2-3-7-19(15)31(29,30)28-10-4-1-5-11-28/h2-3,6-9,14H,1,4-5,10-11,13H2,(H,26,27). The Morgan fingerprint density at radius 2 is 1.90 bits per heavy atom. The van der Waals surface area contributed by atoms with Gasteiger partial charge in [-0.1, -0.05) is 36.2 Å². The predicted octanol–water partition coefficient (Wildman–Crippen LogP) is 4.69. The fraction of sp³-hybridized carbons (Fsp3) is 0.273. The summed E-state index contributed by atoms with van der Waals surface area (Å²) in [5.41, 5.74) is 1.11. The molecule has 1 N–H and O–H groups in total. The molecule has 0 spiro atoms. The Balaban J connectivity index is 1.73. The van der Waals surface area contributed by atoms with Crippen molar-refractivity contribution in [3.05, 3.63) is 64.6 Å². The van der Waals surface area contributed by atoms with Gasteiger partial charge in [-0.3, -0.25) is 4.98 Å². The average Bonchev–Trinajstić information content (AvgIpc) is 2.80. The van der Waals surface area contributed by atoms with E-state index in [4.69, 9.17) is 11.6 Å². The number of pyridine rings is 1. The van der Waals surface area contributed by atoms with Crippen molar-refractivity contribution in [2.24, 2.45) is 0 Å². The monoisotopic (exact) mass is 458 g/mol. The summed E-state index contributed by atoms with van der Waals surface area (Å²) in [5.74, 6) is -0.556. The van der Waals surface area contributed by atoms with Crippen LogP contribution in [0.3, 0.4) is 0 Å². The Morgan fingerprint density at radius 3 is 2.65 bits per heavy atom. The molecule has 160 valence electrons. The zero-order chi connectivity index (χ0) is 22.0. The molecule has 2 aromatic carbocycles. The number of nitrogens with zero attached hydrogens (tertiary/aromatic N) is 3. The highest BCUT2D eigenvalue weighted by Gasteiger charge is 2.28. The van der Waals surface area contributed by atoms with E-state index in [9.17, 15) is 18.1 Å². The maximum absolute atomic E-state index is 14.3. The van der Waals surface area contributed by atoms with Crippen molar-refractivity contribution >= 4 is 38.2 Å². The van der Waals surface area contributed by atoms with E-state index >= 15 is 0 Å². The fourth-order valence-electron chi connectivity index (χ4n) is 3.83. The molecule has 0 radical (unpaired) electrons. The summed E-state index contributed by atoms with van der Waals surface area (Å²) in [5, 5.41) is 13.2. The molecule has 3 aromatic rings. The number of hydrogen-bond acceptors (Lipinski definition) is 5. The highest BCUT2D eigenvalue weighted by molar-refractivity contribution is 7.89. The van der Waals surface area contributed by atoms with Crippen LogP contribution in [0, 0.1) is 17.1 Å². The molecule has 1 aromatic heterocycles. The topological polar surface area (TPSA) is 86.1 Å². The first kappa shape index (κ1) is 21.5. The van der Waals surface area contributed by atoms with E-state index in [1.54, 1.807) is 24.3 Å². The second-order valence-corrected chi connectivity index (χ2v) is 9.65. The molecule has 0 unspecified atom stereocenters. The van der Waals surface area contributed by atoms with Crippen LogP contribution in [-0.2, 0) is 16.6 Å². The van der Waals surface area contributed by atoms with Gasteiger partial charge >= 0.3 is 0 Å². The normalized spacial score (nSPS) is 15.0. The minimum Gasteiger partial charge on any atom is -0.379 e. The van der Waals surface area contributed by atoms with Crippen molar-refractivity contribution in [1.29, 1.82) is 5.26 Å². The van der Waals surface area contributed by atoms with Crippen LogP contribution in [0.1, 0.15) is 30.4 Å². The smallest absolute Gasteiger partial charge is 0.243 e. The quantitative estimate of drug-likeness (QED) is 0.599. The van der Waals surface area contributed by atoms with Gasteiger partial charge in [0.2, 0.25) is 10.0 Å². The van der Waals surface area contributed by atoms with Crippen molar-refractivity contribution in [3.63, 3.8) is 0 Å². The zero-order valence-corrected chi connectivity index (χ0v) is 18.2. The number of halogens is 2. The minimum atomic E-state index is -3.64. The van der Waals surface area contributed by atoms with E-state index in [2.05, 4.69) is 10.3 Å². The van der Waals surface area contributed by atoms with Gasteiger partial charge < -0.3 is 5.32 Å². The largest absolute Gasteiger partial charge is 0.379 e. The van der Waals surface area contributed by atoms with Gasteiger partial charge in [-0.15, -0.1) is 0 Å². The number of aromatic nitrogens is 1. The SMILES string of the molecule is N#Cc1cnc2c(F)ccc(Cl)c2c1NCc1ccccc1S(=O)(=O)N1CCCCC1. The molecular weight excluding hydrogens is 439 g/mol. The first-order chi connectivity index (χ1) is 14.9. The van der Waals surface area contributed by atoms with E-state index < -0.39 is 15.8 Å². The van der Waals surface area contributed by atoms with E-state index in [0.717, 1.165) is 19.3 Å². The third-order valence-corrected chi connectivity index (χ3v) is 7.72. The highest BCUT2D eigenvalue weighted by Crippen LogP contribution is 2.34. The third kappa shape index (κ3) is 4.09. The fourth-order valence-corrected chi connectivity index (χ4v) is 5.82. The summed E-state index contributed by atoms with van der Waals surface area (Å²) < 4.78 is 42.2. The number of hydrogen-bond donors (Lipinski definition) is 1. The predicted molar refractivity (Wildman–Crippen MR) is 118 cm³/mol. The summed E-state index contributed by atoms with van der Waals surface area (Å²) in [4.78, 5) is 4.24. The van der Waals surface area contributed by atoms with Crippen molar-refractivity contribution in [1.82, 2.24) is 9.29 Å². The maximum atomic E-state index is 14.3. The molecule has 4 rings (SSSR count). The summed E-state index contributed by atoms with van der Waals surface area (Å²) in [6.45, 7) is 1.13. The lowest BCUT2D eigenvalue weighted by molar-refractivity contribution is 0.346. The van der Waals surface area contributed by atoms with Crippen LogP contribution >= 0.6 is 11.6 Å². The number of anilines is 1. The van der Waals surface area contributed by atoms with Gasteiger partial charge in [-0.2, -0.15) is 9.57 Å².